The van der Waals surface area contributed by atoms with Gasteiger partial charge >= 0.3 is 6.18 Å². The van der Waals surface area contributed by atoms with Crippen molar-refractivity contribution in [2.24, 2.45) is 0 Å². The second-order valence-electron chi connectivity index (χ2n) is 5.40. The number of amides is 1. The number of carbonyl (C=O) groups excluding carboxylic acids is 1. The summed E-state index contributed by atoms with van der Waals surface area (Å²) in [4.78, 5) is 18.4. The van der Waals surface area contributed by atoms with E-state index in [0.717, 1.165) is 14.7 Å². The first-order valence-electron chi connectivity index (χ1n) is 7.14. The molecular weight excluding hydrogens is 339 g/mol. The highest BCUT2D eigenvalue weighted by molar-refractivity contribution is 7.20. The van der Waals surface area contributed by atoms with Crippen LogP contribution >= 0.6 is 11.3 Å². The van der Waals surface area contributed by atoms with Crippen LogP contribution in [-0.4, -0.2) is 33.6 Å². The molecule has 0 spiro atoms. The van der Waals surface area contributed by atoms with Crippen LogP contribution in [0.25, 0.3) is 10.1 Å². The standard InChI is InChI=1S/C16H14F3N3OS/c1-21(9-14-20-6-7-22(14)10-16(17,18)19)15(23)13-8-11-4-2-3-5-12(11)24-13/h2-8H,9-10H2,1H3. The molecule has 1 aromatic carbocycles. The molecule has 2 heterocycles. The first kappa shape index (κ1) is 16.5. The highest BCUT2D eigenvalue weighted by atomic mass is 32.1. The summed E-state index contributed by atoms with van der Waals surface area (Å²) in [5.41, 5.74) is 0. The van der Waals surface area contributed by atoms with Crippen molar-refractivity contribution in [3.05, 3.63) is 53.4 Å². The molecule has 3 aromatic rings. The van der Waals surface area contributed by atoms with Gasteiger partial charge in [-0.3, -0.25) is 4.79 Å². The molecule has 0 N–H and O–H groups in total. The van der Waals surface area contributed by atoms with E-state index in [4.69, 9.17) is 0 Å². The van der Waals surface area contributed by atoms with Crippen LogP contribution in [0, 0.1) is 0 Å². The Morgan fingerprint density at radius 1 is 1.33 bits per heavy atom. The Balaban J connectivity index is 1.76. The van der Waals surface area contributed by atoms with Crippen molar-refractivity contribution in [1.82, 2.24) is 14.5 Å². The maximum atomic E-state index is 12.6. The minimum Gasteiger partial charge on any atom is -0.334 e. The minimum atomic E-state index is -4.33. The fourth-order valence-corrected chi connectivity index (χ4v) is 3.45. The van der Waals surface area contributed by atoms with Gasteiger partial charge in [-0.15, -0.1) is 11.3 Å². The zero-order valence-electron chi connectivity index (χ0n) is 12.7. The van der Waals surface area contributed by atoms with Gasteiger partial charge in [-0.05, 0) is 17.5 Å². The average Bonchev–Trinajstić information content (AvgIpc) is 3.11. The van der Waals surface area contributed by atoms with Gasteiger partial charge in [0.1, 0.15) is 12.4 Å². The monoisotopic (exact) mass is 353 g/mol. The average molecular weight is 353 g/mol. The van der Waals surface area contributed by atoms with Gasteiger partial charge in [0.05, 0.1) is 11.4 Å². The van der Waals surface area contributed by atoms with Gasteiger partial charge in [-0.25, -0.2) is 4.98 Å². The van der Waals surface area contributed by atoms with Crippen molar-refractivity contribution in [3.8, 4) is 0 Å². The third kappa shape index (κ3) is 3.59. The van der Waals surface area contributed by atoms with Crippen LogP contribution < -0.4 is 0 Å². The van der Waals surface area contributed by atoms with Crippen molar-refractivity contribution in [2.45, 2.75) is 19.3 Å². The zero-order chi connectivity index (χ0) is 17.3. The van der Waals surface area contributed by atoms with Gasteiger partial charge in [0.25, 0.3) is 5.91 Å². The number of thiophene rings is 1. The molecule has 8 heteroatoms. The molecule has 0 aliphatic heterocycles. The summed E-state index contributed by atoms with van der Waals surface area (Å²) in [5, 5.41) is 0.970. The molecule has 0 unspecified atom stereocenters. The van der Waals surface area contributed by atoms with Crippen molar-refractivity contribution < 1.29 is 18.0 Å². The van der Waals surface area contributed by atoms with E-state index < -0.39 is 12.7 Å². The second kappa shape index (κ2) is 6.27. The summed E-state index contributed by atoms with van der Waals surface area (Å²) in [6, 6.07) is 9.41. The molecule has 0 aliphatic carbocycles. The lowest BCUT2D eigenvalue weighted by atomic mass is 10.2. The Morgan fingerprint density at radius 3 is 2.79 bits per heavy atom. The molecule has 0 radical (unpaired) electrons. The van der Waals surface area contributed by atoms with Gasteiger partial charge in [0, 0.05) is 24.1 Å². The molecule has 3 rings (SSSR count). The van der Waals surface area contributed by atoms with Crippen LogP contribution in [0.4, 0.5) is 13.2 Å². The Labute approximate surface area is 140 Å². The molecule has 1 amide bonds. The van der Waals surface area contributed by atoms with E-state index in [0.29, 0.717) is 4.88 Å². The number of halogens is 3. The normalized spacial score (nSPS) is 11.8. The summed E-state index contributed by atoms with van der Waals surface area (Å²) in [6.07, 6.45) is -1.76. The highest BCUT2D eigenvalue weighted by Crippen LogP contribution is 2.26. The van der Waals surface area contributed by atoms with Crippen molar-refractivity contribution in [2.75, 3.05) is 7.05 Å². The summed E-state index contributed by atoms with van der Waals surface area (Å²) in [7, 11) is 1.55. The van der Waals surface area contributed by atoms with E-state index in [1.807, 2.05) is 24.3 Å². The lowest BCUT2D eigenvalue weighted by Crippen LogP contribution is -2.28. The van der Waals surface area contributed by atoms with Crippen LogP contribution in [0.3, 0.4) is 0 Å². The number of alkyl halides is 3. The van der Waals surface area contributed by atoms with Gasteiger partial charge < -0.3 is 9.47 Å². The molecule has 4 nitrogen and oxygen atoms in total. The first-order valence-corrected chi connectivity index (χ1v) is 7.96. The number of fused-ring (bicyclic) bond motifs is 1. The van der Waals surface area contributed by atoms with E-state index in [1.54, 1.807) is 13.1 Å². The molecule has 0 fully saturated rings. The van der Waals surface area contributed by atoms with Gasteiger partial charge in [-0.2, -0.15) is 13.2 Å². The van der Waals surface area contributed by atoms with Gasteiger partial charge in [0.2, 0.25) is 0 Å². The topological polar surface area (TPSA) is 38.1 Å². The molecular formula is C16H14F3N3OS. The number of aromatic nitrogens is 2. The van der Waals surface area contributed by atoms with Crippen LogP contribution in [0.1, 0.15) is 15.5 Å². The third-order valence-electron chi connectivity index (χ3n) is 3.51. The van der Waals surface area contributed by atoms with E-state index in [1.165, 1.54) is 28.6 Å². The largest absolute Gasteiger partial charge is 0.406 e. The number of imidazole rings is 1. The predicted molar refractivity (Wildman–Crippen MR) is 85.9 cm³/mol. The number of nitrogens with zero attached hydrogens (tertiary/aromatic N) is 3. The number of hydrogen-bond donors (Lipinski definition) is 0. The van der Waals surface area contributed by atoms with E-state index >= 15 is 0 Å². The highest BCUT2D eigenvalue weighted by Gasteiger charge is 2.29. The summed E-state index contributed by atoms with van der Waals surface area (Å²) < 4.78 is 39.7. The van der Waals surface area contributed by atoms with Crippen LogP contribution in [-0.2, 0) is 13.1 Å². The molecule has 0 bridgehead atoms. The fourth-order valence-electron chi connectivity index (χ4n) is 2.39. The van der Waals surface area contributed by atoms with Crippen molar-refractivity contribution in [1.29, 1.82) is 0 Å². The summed E-state index contributed by atoms with van der Waals surface area (Å²) in [6.45, 7) is -1.11. The van der Waals surface area contributed by atoms with Crippen molar-refractivity contribution in [3.63, 3.8) is 0 Å². The smallest absolute Gasteiger partial charge is 0.334 e. The van der Waals surface area contributed by atoms with Crippen LogP contribution in [0.15, 0.2) is 42.7 Å². The zero-order valence-corrected chi connectivity index (χ0v) is 13.6. The van der Waals surface area contributed by atoms with Gasteiger partial charge in [-0.1, -0.05) is 18.2 Å². The summed E-state index contributed by atoms with van der Waals surface area (Å²) in [5.74, 6) is -0.0398. The maximum Gasteiger partial charge on any atom is 0.406 e. The first-order chi connectivity index (χ1) is 11.3. The number of benzene rings is 1. The molecule has 24 heavy (non-hydrogen) atoms. The Morgan fingerprint density at radius 2 is 2.08 bits per heavy atom. The number of carbonyl (C=O) groups is 1. The number of hydrogen-bond acceptors (Lipinski definition) is 3. The van der Waals surface area contributed by atoms with E-state index in [2.05, 4.69) is 4.98 Å². The Kier molecular flexibility index (Phi) is 4.31. The molecule has 0 atom stereocenters. The predicted octanol–water partition coefficient (Wildman–Crippen LogP) is 3.93. The van der Waals surface area contributed by atoms with Crippen LogP contribution in [0.5, 0.6) is 0 Å². The van der Waals surface area contributed by atoms with E-state index in [9.17, 15) is 18.0 Å². The quantitative estimate of drug-likeness (QED) is 0.713. The van der Waals surface area contributed by atoms with Gasteiger partial charge in [0.15, 0.2) is 0 Å². The molecule has 0 aliphatic rings. The molecule has 126 valence electrons. The SMILES string of the molecule is CN(Cc1nccn1CC(F)(F)F)C(=O)c1cc2ccccc2s1. The Hall–Kier alpha value is -2.35. The number of rotatable bonds is 4. The molecule has 0 saturated heterocycles. The van der Waals surface area contributed by atoms with Crippen LogP contribution in [0.2, 0.25) is 0 Å². The second-order valence-corrected chi connectivity index (χ2v) is 6.48. The lowest BCUT2D eigenvalue weighted by Gasteiger charge is -2.17. The molecule has 0 saturated carbocycles. The maximum absolute atomic E-state index is 12.6. The van der Waals surface area contributed by atoms with Crippen molar-refractivity contribution >= 4 is 27.3 Å². The summed E-state index contributed by atoms with van der Waals surface area (Å²) >= 11 is 1.36. The van der Waals surface area contributed by atoms with E-state index in [-0.39, 0.29) is 18.3 Å². The Bertz CT molecular complexity index is 836. The lowest BCUT2D eigenvalue weighted by molar-refractivity contribution is -0.141. The fraction of sp³-hybridized carbons (Fsp3) is 0.250. The third-order valence-corrected chi connectivity index (χ3v) is 4.62. The minimum absolute atomic E-state index is 0.0101. The molecule has 2 aromatic heterocycles.